The average Bonchev–Trinajstić information content (AvgIpc) is 3.60. The van der Waals surface area contributed by atoms with Gasteiger partial charge in [-0.2, -0.15) is 0 Å². The highest BCUT2D eigenvalue weighted by Gasteiger charge is 2.32. The predicted octanol–water partition coefficient (Wildman–Crippen LogP) is 5.76. The Hall–Kier alpha value is -2.84. The number of aromatic nitrogens is 4. The number of rotatable bonds is 8. The predicted molar refractivity (Wildman–Crippen MR) is 120 cm³/mol. The van der Waals surface area contributed by atoms with Gasteiger partial charge in [0.1, 0.15) is 17.6 Å². The molecule has 0 aliphatic heterocycles. The Labute approximate surface area is 190 Å². The van der Waals surface area contributed by atoms with E-state index >= 15 is 0 Å². The molecule has 6 nitrogen and oxygen atoms in total. The molecule has 1 atom stereocenters. The minimum absolute atomic E-state index is 0.137. The maximum atomic E-state index is 13.5. The second kappa shape index (κ2) is 9.75. The van der Waals surface area contributed by atoms with Gasteiger partial charge in [0.25, 0.3) is 0 Å². The zero-order valence-corrected chi connectivity index (χ0v) is 18.6. The highest BCUT2D eigenvalue weighted by molar-refractivity contribution is 7.10. The first-order valence-corrected chi connectivity index (χ1v) is 12.0. The van der Waals surface area contributed by atoms with Crippen LogP contribution in [-0.4, -0.2) is 25.1 Å². The van der Waals surface area contributed by atoms with Gasteiger partial charge < -0.3 is 4.42 Å². The van der Waals surface area contributed by atoms with Crippen LogP contribution in [0, 0.1) is 5.82 Å². The molecule has 0 radical (unpaired) electrons. The van der Waals surface area contributed by atoms with Crippen LogP contribution in [0.5, 0.6) is 0 Å². The summed E-state index contributed by atoms with van der Waals surface area (Å²) in [6.45, 7) is 1.20. The molecule has 0 bridgehead atoms. The summed E-state index contributed by atoms with van der Waals surface area (Å²) in [7, 11) is 0. The number of thiophene rings is 1. The minimum Gasteiger partial charge on any atom is -0.468 e. The van der Waals surface area contributed by atoms with Crippen LogP contribution in [0.1, 0.15) is 66.2 Å². The van der Waals surface area contributed by atoms with E-state index in [1.54, 1.807) is 17.6 Å². The third-order valence-corrected chi connectivity index (χ3v) is 7.02. The summed E-state index contributed by atoms with van der Waals surface area (Å²) in [4.78, 5) is 3.48. The molecule has 8 heteroatoms. The number of hydrogen-bond donors (Lipinski definition) is 0. The van der Waals surface area contributed by atoms with Gasteiger partial charge >= 0.3 is 0 Å². The monoisotopic (exact) mass is 451 g/mol. The quantitative estimate of drug-likeness (QED) is 0.341. The van der Waals surface area contributed by atoms with Crippen molar-refractivity contribution in [1.29, 1.82) is 0 Å². The Morgan fingerprint density at radius 3 is 2.62 bits per heavy atom. The van der Waals surface area contributed by atoms with Gasteiger partial charge in [-0.3, -0.25) is 4.90 Å². The summed E-state index contributed by atoms with van der Waals surface area (Å²) >= 11 is 1.70. The van der Waals surface area contributed by atoms with Crippen LogP contribution >= 0.6 is 11.3 Å². The lowest BCUT2D eigenvalue weighted by atomic mass is 9.95. The van der Waals surface area contributed by atoms with E-state index in [4.69, 9.17) is 4.42 Å². The Morgan fingerprint density at radius 1 is 1.06 bits per heavy atom. The van der Waals surface area contributed by atoms with Crippen molar-refractivity contribution in [3.05, 3.63) is 88.0 Å². The van der Waals surface area contributed by atoms with Crippen LogP contribution in [0.2, 0.25) is 0 Å². The zero-order valence-electron chi connectivity index (χ0n) is 17.8. The molecule has 4 aromatic rings. The molecule has 1 fully saturated rings. The normalized spacial score (nSPS) is 15.9. The molecule has 32 heavy (non-hydrogen) atoms. The molecule has 0 spiro atoms. The van der Waals surface area contributed by atoms with Gasteiger partial charge in [-0.1, -0.05) is 37.5 Å². The number of hydrogen-bond acceptors (Lipinski definition) is 6. The van der Waals surface area contributed by atoms with Crippen molar-refractivity contribution in [2.45, 2.75) is 57.3 Å². The number of furan rings is 1. The summed E-state index contributed by atoms with van der Waals surface area (Å²) in [6, 6.07) is 14.9. The van der Waals surface area contributed by atoms with E-state index in [0.717, 1.165) is 30.0 Å². The van der Waals surface area contributed by atoms with E-state index in [1.807, 2.05) is 28.9 Å². The summed E-state index contributed by atoms with van der Waals surface area (Å²) in [6.07, 6.45) is 7.59. The van der Waals surface area contributed by atoms with Crippen LogP contribution in [0.25, 0.3) is 0 Å². The fourth-order valence-electron chi connectivity index (χ4n) is 4.55. The summed E-state index contributed by atoms with van der Waals surface area (Å²) in [5.41, 5.74) is 1.02. The van der Waals surface area contributed by atoms with Gasteiger partial charge in [0.05, 0.1) is 18.8 Å². The van der Waals surface area contributed by atoms with Gasteiger partial charge in [-0.25, -0.2) is 9.07 Å². The summed E-state index contributed by atoms with van der Waals surface area (Å²) < 4.78 is 21.3. The Kier molecular flexibility index (Phi) is 6.41. The van der Waals surface area contributed by atoms with Crippen molar-refractivity contribution in [1.82, 2.24) is 25.1 Å². The molecular formula is C24H26FN5OS. The van der Waals surface area contributed by atoms with Gasteiger partial charge in [-0.05, 0) is 64.5 Å². The highest BCUT2D eigenvalue weighted by atomic mass is 32.1. The number of benzene rings is 1. The molecule has 3 aromatic heterocycles. The van der Waals surface area contributed by atoms with Gasteiger partial charge in [-0.15, -0.1) is 16.4 Å². The van der Waals surface area contributed by atoms with Gasteiger partial charge in [0.15, 0.2) is 5.82 Å². The lowest BCUT2D eigenvalue weighted by Crippen LogP contribution is -2.32. The molecule has 166 valence electrons. The topological polar surface area (TPSA) is 60.0 Å². The molecule has 1 aliphatic carbocycles. The fourth-order valence-corrected chi connectivity index (χ4v) is 5.40. The van der Waals surface area contributed by atoms with Gasteiger partial charge in [0.2, 0.25) is 0 Å². The number of nitrogens with zero attached hydrogens (tertiary/aromatic N) is 5. The van der Waals surface area contributed by atoms with E-state index < -0.39 is 0 Å². The Morgan fingerprint density at radius 2 is 1.91 bits per heavy atom. The third kappa shape index (κ3) is 4.66. The molecular weight excluding hydrogens is 425 g/mol. The van der Waals surface area contributed by atoms with Crippen LogP contribution in [0.15, 0.2) is 64.6 Å². The molecule has 1 aromatic carbocycles. The molecule has 1 aliphatic rings. The van der Waals surface area contributed by atoms with Crippen molar-refractivity contribution >= 4 is 11.3 Å². The molecule has 5 rings (SSSR count). The summed E-state index contributed by atoms with van der Waals surface area (Å²) in [5, 5.41) is 15.1. The third-order valence-electron chi connectivity index (χ3n) is 6.10. The van der Waals surface area contributed by atoms with Crippen molar-refractivity contribution < 1.29 is 8.81 Å². The van der Waals surface area contributed by atoms with Crippen molar-refractivity contribution in [2.24, 2.45) is 0 Å². The Balaban J connectivity index is 1.54. The molecule has 3 heterocycles. The average molecular weight is 452 g/mol. The van der Waals surface area contributed by atoms with Crippen LogP contribution in [0.4, 0.5) is 4.39 Å². The van der Waals surface area contributed by atoms with Gasteiger partial charge in [0, 0.05) is 11.4 Å². The van der Waals surface area contributed by atoms with E-state index in [1.165, 1.54) is 36.3 Å². The van der Waals surface area contributed by atoms with Crippen LogP contribution in [0.3, 0.4) is 0 Å². The first kappa shape index (κ1) is 21.0. The SMILES string of the molecule is Fc1ccc(CN(Cc2ccco2)[C@H](c2cccs2)c2nnnn2C2CCCCC2)cc1. The molecule has 0 unspecified atom stereocenters. The summed E-state index contributed by atoms with van der Waals surface area (Å²) in [5.74, 6) is 1.49. The first-order valence-electron chi connectivity index (χ1n) is 11.1. The molecule has 0 amide bonds. The maximum absolute atomic E-state index is 13.5. The van der Waals surface area contributed by atoms with E-state index in [-0.39, 0.29) is 11.9 Å². The molecule has 0 N–H and O–H groups in total. The van der Waals surface area contributed by atoms with Crippen LogP contribution in [-0.2, 0) is 13.1 Å². The maximum Gasteiger partial charge on any atom is 0.174 e. The van der Waals surface area contributed by atoms with Crippen molar-refractivity contribution in [3.8, 4) is 0 Å². The smallest absolute Gasteiger partial charge is 0.174 e. The zero-order chi connectivity index (χ0) is 21.8. The standard InChI is InChI=1S/C24H26FN5OS/c25-19-12-10-18(11-13-19)16-29(17-21-8-4-14-31-21)23(22-9-5-15-32-22)24-26-27-28-30(24)20-6-2-1-3-7-20/h4-5,8-15,20,23H,1-3,6-7,16-17H2/t23-/m1/s1. The molecule has 1 saturated carbocycles. The van der Waals surface area contributed by atoms with Crippen molar-refractivity contribution in [2.75, 3.05) is 0 Å². The lowest BCUT2D eigenvalue weighted by Gasteiger charge is -2.31. The Bertz CT molecular complexity index is 1090. The first-order chi connectivity index (χ1) is 15.8. The molecule has 0 saturated heterocycles. The number of tetrazole rings is 1. The van der Waals surface area contributed by atoms with Crippen LogP contribution < -0.4 is 0 Å². The second-order valence-corrected chi connectivity index (χ2v) is 9.28. The highest BCUT2D eigenvalue weighted by Crippen LogP contribution is 2.36. The van der Waals surface area contributed by atoms with E-state index in [0.29, 0.717) is 19.1 Å². The minimum atomic E-state index is -0.234. The largest absolute Gasteiger partial charge is 0.468 e. The van der Waals surface area contributed by atoms with E-state index in [9.17, 15) is 4.39 Å². The second-order valence-electron chi connectivity index (χ2n) is 8.30. The fraction of sp³-hybridized carbons (Fsp3) is 0.375. The van der Waals surface area contributed by atoms with E-state index in [2.05, 4.69) is 37.9 Å². The van der Waals surface area contributed by atoms with Crippen molar-refractivity contribution in [3.63, 3.8) is 0 Å². The number of halogens is 1. The lowest BCUT2D eigenvalue weighted by molar-refractivity contribution is 0.176.